The van der Waals surface area contributed by atoms with E-state index in [-0.39, 0.29) is 17.4 Å². The van der Waals surface area contributed by atoms with Crippen molar-refractivity contribution < 1.29 is 17.6 Å². The molecular formula is C12H11ClF3N3O. The molecule has 0 unspecified atom stereocenters. The second-order valence-electron chi connectivity index (χ2n) is 3.98. The summed E-state index contributed by atoms with van der Waals surface area (Å²) in [7, 11) is 0. The molecule has 0 radical (unpaired) electrons. The molecule has 2 aromatic rings. The summed E-state index contributed by atoms with van der Waals surface area (Å²) in [5.74, 6) is 1.30. The summed E-state index contributed by atoms with van der Waals surface area (Å²) in [6.07, 6.45) is -1.43. The van der Waals surface area contributed by atoms with Crippen LogP contribution in [0.5, 0.6) is 0 Å². The van der Waals surface area contributed by atoms with E-state index in [1.54, 1.807) is 6.20 Å². The molecular weight excluding hydrogens is 295 g/mol. The summed E-state index contributed by atoms with van der Waals surface area (Å²) in [5, 5.41) is 2.67. The molecule has 0 saturated carbocycles. The molecule has 0 aliphatic carbocycles. The second-order valence-corrected chi connectivity index (χ2v) is 4.39. The third-order valence-electron chi connectivity index (χ3n) is 2.53. The number of nitrogens with zero attached hydrogens (tertiary/aromatic N) is 2. The average Bonchev–Trinajstić information content (AvgIpc) is 2.84. The maximum atomic E-state index is 12.4. The number of alkyl halides is 3. The lowest BCUT2D eigenvalue weighted by Crippen LogP contribution is -2.08. The van der Waals surface area contributed by atoms with Gasteiger partial charge in [0.1, 0.15) is 11.6 Å². The van der Waals surface area contributed by atoms with Gasteiger partial charge in [-0.05, 0) is 6.07 Å². The molecule has 0 fully saturated rings. The van der Waals surface area contributed by atoms with Crippen LogP contribution in [0.1, 0.15) is 24.1 Å². The van der Waals surface area contributed by atoms with Crippen molar-refractivity contribution in [3.05, 3.63) is 40.7 Å². The monoisotopic (exact) mass is 305 g/mol. The van der Waals surface area contributed by atoms with E-state index in [4.69, 9.17) is 16.0 Å². The first-order chi connectivity index (χ1) is 9.40. The van der Waals surface area contributed by atoms with Crippen molar-refractivity contribution in [1.82, 2.24) is 9.97 Å². The van der Waals surface area contributed by atoms with Gasteiger partial charge in [0.25, 0.3) is 0 Å². The highest BCUT2D eigenvalue weighted by atomic mass is 35.5. The number of pyridine rings is 1. The van der Waals surface area contributed by atoms with Gasteiger partial charge in [0, 0.05) is 12.6 Å². The van der Waals surface area contributed by atoms with Crippen LogP contribution in [0.3, 0.4) is 0 Å². The number of halogens is 4. The van der Waals surface area contributed by atoms with Gasteiger partial charge >= 0.3 is 6.18 Å². The molecule has 20 heavy (non-hydrogen) atoms. The molecule has 0 aliphatic rings. The Morgan fingerprint density at radius 1 is 1.30 bits per heavy atom. The molecule has 1 N–H and O–H groups in total. The Bertz CT molecular complexity index is 598. The minimum absolute atomic E-state index is 0.109. The van der Waals surface area contributed by atoms with E-state index in [2.05, 4.69) is 15.3 Å². The Kier molecular flexibility index (Phi) is 4.17. The zero-order valence-corrected chi connectivity index (χ0v) is 11.2. The van der Waals surface area contributed by atoms with Crippen molar-refractivity contribution in [3.8, 4) is 0 Å². The van der Waals surface area contributed by atoms with E-state index in [1.165, 1.54) is 0 Å². The van der Waals surface area contributed by atoms with E-state index in [0.29, 0.717) is 12.3 Å². The molecule has 0 aliphatic heterocycles. The topological polar surface area (TPSA) is 51.0 Å². The van der Waals surface area contributed by atoms with Crippen molar-refractivity contribution in [3.63, 3.8) is 0 Å². The Labute approximate surface area is 118 Å². The van der Waals surface area contributed by atoms with Crippen LogP contribution in [-0.4, -0.2) is 9.97 Å². The third-order valence-corrected chi connectivity index (χ3v) is 2.81. The average molecular weight is 306 g/mol. The summed E-state index contributed by atoms with van der Waals surface area (Å²) >= 11 is 5.76. The molecule has 0 spiro atoms. The number of oxazole rings is 1. The Morgan fingerprint density at radius 3 is 2.60 bits per heavy atom. The number of aryl methyl sites for hydroxylation is 1. The quantitative estimate of drug-likeness (QED) is 0.930. The molecule has 0 aromatic carbocycles. The minimum atomic E-state index is -4.46. The molecule has 8 heteroatoms. The predicted molar refractivity (Wildman–Crippen MR) is 67.5 cm³/mol. The van der Waals surface area contributed by atoms with E-state index in [9.17, 15) is 13.2 Å². The summed E-state index contributed by atoms with van der Waals surface area (Å²) in [6.45, 7) is 2.12. The zero-order chi connectivity index (χ0) is 14.8. The predicted octanol–water partition coefficient (Wildman–Crippen LogP) is 3.92. The number of hydrogen-bond acceptors (Lipinski definition) is 4. The molecule has 2 rings (SSSR count). The first-order valence-corrected chi connectivity index (χ1v) is 6.18. The van der Waals surface area contributed by atoms with Crippen molar-refractivity contribution in [1.29, 1.82) is 0 Å². The van der Waals surface area contributed by atoms with E-state index in [0.717, 1.165) is 18.0 Å². The molecule has 0 bridgehead atoms. The van der Waals surface area contributed by atoms with Crippen molar-refractivity contribution in [2.24, 2.45) is 0 Å². The summed E-state index contributed by atoms with van der Waals surface area (Å²) in [5.41, 5.74) is -0.891. The lowest BCUT2D eigenvalue weighted by Gasteiger charge is -2.09. The Morgan fingerprint density at radius 2 is 2.05 bits per heavy atom. The normalized spacial score (nSPS) is 11.7. The van der Waals surface area contributed by atoms with Gasteiger partial charge in [-0.25, -0.2) is 9.97 Å². The fourth-order valence-electron chi connectivity index (χ4n) is 1.48. The number of aromatic nitrogens is 2. The molecule has 108 valence electrons. The lowest BCUT2D eigenvalue weighted by molar-refractivity contribution is -0.137. The molecule has 2 aromatic heterocycles. The van der Waals surface area contributed by atoms with Gasteiger partial charge in [-0.2, -0.15) is 13.2 Å². The fraction of sp³-hybridized carbons (Fsp3) is 0.333. The van der Waals surface area contributed by atoms with Crippen molar-refractivity contribution >= 4 is 17.4 Å². The van der Waals surface area contributed by atoms with Crippen LogP contribution in [0.15, 0.2) is 22.9 Å². The van der Waals surface area contributed by atoms with Crippen molar-refractivity contribution in [2.75, 3.05) is 5.32 Å². The highest BCUT2D eigenvalue weighted by Crippen LogP contribution is 2.32. The maximum Gasteiger partial charge on any atom is 0.417 e. The van der Waals surface area contributed by atoms with Crippen molar-refractivity contribution in [2.45, 2.75) is 26.1 Å². The highest BCUT2D eigenvalue weighted by Gasteiger charge is 2.31. The lowest BCUT2D eigenvalue weighted by atomic mass is 10.3. The van der Waals surface area contributed by atoms with Crippen LogP contribution in [0.4, 0.5) is 19.0 Å². The van der Waals surface area contributed by atoms with E-state index < -0.39 is 11.7 Å². The van der Waals surface area contributed by atoms with Crippen LogP contribution in [0.25, 0.3) is 0 Å². The van der Waals surface area contributed by atoms with Crippen LogP contribution in [-0.2, 0) is 19.1 Å². The Hall–Kier alpha value is -1.76. The van der Waals surface area contributed by atoms with Gasteiger partial charge in [0.2, 0.25) is 5.89 Å². The summed E-state index contributed by atoms with van der Waals surface area (Å²) in [4.78, 5) is 7.66. The highest BCUT2D eigenvalue weighted by molar-refractivity contribution is 6.32. The number of rotatable bonds is 4. The summed E-state index contributed by atoms with van der Waals surface area (Å²) in [6, 6.07) is 0.823. The standard InChI is InChI=1S/C12H11ClF3N3O/c1-2-8-5-17-10(20-8)6-19-11-9(13)3-7(4-18-11)12(14,15)16/h3-5H,2,6H2,1H3,(H,18,19). The third kappa shape index (κ3) is 3.41. The molecule has 0 saturated heterocycles. The number of hydrogen-bond donors (Lipinski definition) is 1. The van der Waals surface area contributed by atoms with E-state index >= 15 is 0 Å². The molecule has 0 atom stereocenters. The first kappa shape index (κ1) is 14.6. The van der Waals surface area contributed by atoms with Gasteiger partial charge in [-0.3, -0.25) is 0 Å². The SMILES string of the molecule is CCc1cnc(CNc2ncc(C(F)(F)F)cc2Cl)o1. The molecule has 4 nitrogen and oxygen atoms in total. The minimum Gasteiger partial charge on any atom is -0.444 e. The Balaban J connectivity index is 2.06. The second kappa shape index (κ2) is 5.70. The van der Waals surface area contributed by atoms with Gasteiger partial charge in [-0.15, -0.1) is 0 Å². The maximum absolute atomic E-state index is 12.4. The van der Waals surface area contributed by atoms with Gasteiger partial charge in [0.15, 0.2) is 0 Å². The number of nitrogens with one attached hydrogen (secondary N) is 1. The summed E-state index contributed by atoms with van der Waals surface area (Å²) < 4.78 is 42.7. The van der Waals surface area contributed by atoms with E-state index in [1.807, 2.05) is 6.92 Å². The molecule has 0 amide bonds. The van der Waals surface area contributed by atoms with Gasteiger partial charge in [0.05, 0.1) is 23.3 Å². The molecule has 2 heterocycles. The van der Waals surface area contributed by atoms with Crippen LogP contribution in [0, 0.1) is 0 Å². The van der Waals surface area contributed by atoms with Gasteiger partial charge < -0.3 is 9.73 Å². The van der Waals surface area contributed by atoms with Crippen LogP contribution in [0.2, 0.25) is 5.02 Å². The zero-order valence-electron chi connectivity index (χ0n) is 10.5. The number of anilines is 1. The van der Waals surface area contributed by atoms with Crippen LogP contribution >= 0.6 is 11.6 Å². The smallest absolute Gasteiger partial charge is 0.417 e. The van der Waals surface area contributed by atoms with Gasteiger partial charge in [-0.1, -0.05) is 18.5 Å². The first-order valence-electron chi connectivity index (χ1n) is 5.80. The largest absolute Gasteiger partial charge is 0.444 e. The fourth-order valence-corrected chi connectivity index (χ4v) is 1.71. The van der Waals surface area contributed by atoms with Crippen LogP contribution < -0.4 is 5.32 Å².